The number of ketones is 1. The molecule has 11 heteroatoms. The molecule has 0 saturated heterocycles. The lowest BCUT2D eigenvalue weighted by atomic mass is 9.84. The van der Waals surface area contributed by atoms with Crippen LogP contribution in [0.2, 0.25) is 0 Å². The normalized spacial score (nSPS) is 14.2. The maximum absolute atomic E-state index is 13.9. The molecule has 1 unspecified atom stereocenters. The van der Waals surface area contributed by atoms with Crippen molar-refractivity contribution in [3.63, 3.8) is 0 Å². The maximum atomic E-state index is 13.9. The van der Waals surface area contributed by atoms with Crippen LogP contribution in [0.15, 0.2) is 59.1 Å². The highest BCUT2D eigenvalue weighted by atomic mass is 79.9. The van der Waals surface area contributed by atoms with E-state index in [0.29, 0.717) is 12.1 Å². The Kier molecular flexibility index (Phi) is 6.33. The predicted octanol–water partition coefficient (Wildman–Crippen LogP) is 6.34. The van der Waals surface area contributed by atoms with Crippen molar-refractivity contribution in [2.75, 3.05) is 0 Å². The highest BCUT2D eigenvalue weighted by Gasteiger charge is 2.56. The van der Waals surface area contributed by atoms with Crippen molar-refractivity contribution >= 4 is 38.5 Å². The highest BCUT2D eigenvalue weighted by Crippen LogP contribution is 2.45. The molecule has 0 fully saturated rings. The molecule has 1 atom stereocenters. The number of alkyl halides is 6. The summed E-state index contributed by atoms with van der Waals surface area (Å²) in [5, 5.41) is 20.0. The van der Waals surface area contributed by atoms with Gasteiger partial charge >= 0.3 is 18.3 Å². The van der Waals surface area contributed by atoms with Gasteiger partial charge in [-0.05, 0) is 46.7 Å². The van der Waals surface area contributed by atoms with Gasteiger partial charge in [0.2, 0.25) is 0 Å². The molecular weight excluding hydrogens is 522 g/mol. The molecule has 0 radical (unpaired) electrons. The van der Waals surface area contributed by atoms with Crippen LogP contribution < -0.4 is 0 Å². The standard InChI is InChI=1S/C22H13BrF6O4/c23-13-8-11(7-12(9-13)21(24,25)26)20(33,22(27,28)29)10-18(30)16-5-6-17(19(31)32)15-4-2-1-3-14(15)16/h1-9,33H,10H2,(H,31,32). The van der Waals surface area contributed by atoms with E-state index in [-0.39, 0.29) is 32.4 Å². The Hall–Kier alpha value is -2.92. The minimum absolute atomic E-state index is 0.0251. The Morgan fingerprint density at radius 3 is 1.85 bits per heavy atom. The third kappa shape index (κ3) is 4.74. The summed E-state index contributed by atoms with van der Waals surface area (Å²) >= 11 is 2.71. The Bertz CT molecular complexity index is 1250. The second-order valence-electron chi connectivity index (χ2n) is 7.20. The number of halogens is 7. The van der Waals surface area contributed by atoms with Gasteiger partial charge in [-0.3, -0.25) is 4.79 Å². The van der Waals surface area contributed by atoms with Gasteiger partial charge in [-0.1, -0.05) is 40.2 Å². The third-order valence-electron chi connectivity index (χ3n) is 5.04. The van der Waals surface area contributed by atoms with E-state index < -0.39 is 47.3 Å². The van der Waals surface area contributed by atoms with Crippen LogP contribution in [0.25, 0.3) is 10.8 Å². The molecule has 4 nitrogen and oxygen atoms in total. The van der Waals surface area contributed by atoms with Crippen LogP contribution in [0.4, 0.5) is 26.3 Å². The van der Waals surface area contributed by atoms with Gasteiger partial charge in [0.25, 0.3) is 0 Å². The highest BCUT2D eigenvalue weighted by molar-refractivity contribution is 9.10. The summed E-state index contributed by atoms with van der Waals surface area (Å²) in [6.07, 6.45) is -12.1. The van der Waals surface area contributed by atoms with Gasteiger partial charge < -0.3 is 10.2 Å². The molecule has 0 aliphatic heterocycles. The van der Waals surface area contributed by atoms with Gasteiger partial charge in [0.05, 0.1) is 17.5 Å². The number of carboxylic acids is 1. The van der Waals surface area contributed by atoms with E-state index in [0.717, 1.165) is 12.1 Å². The number of carbonyl (C=O) groups is 2. The smallest absolute Gasteiger partial charge is 0.421 e. The van der Waals surface area contributed by atoms with Crippen molar-refractivity contribution in [3.8, 4) is 0 Å². The molecule has 0 aliphatic rings. The molecule has 0 spiro atoms. The summed E-state index contributed by atoms with van der Waals surface area (Å²) in [4.78, 5) is 24.3. The van der Waals surface area contributed by atoms with Gasteiger partial charge in [0, 0.05) is 10.0 Å². The molecular formula is C22H13BrF6O4. The summed E-state index contributed by atoms with van der Waals surface area (Å²) < 4.78 is 80.8. The second-order valence-corrected chi connectivity index (χ2v) is 8.11. The summed E-state index contributed by atoms with van der Waals surface area (Å²) in [6, 6.07) is 8.95. The average Bonchev–Trinajstić information content (AvgIpc) is 2.70. The van der Waals surface area contributed by atoms with Crippen molar-refractivity contribution in [1.29, 1.82) is 0 Å². The maximum Gasteiger partial charge on any atom is 0.421 e. The quantitative estimate of drug-likeness (QED) is 0.296. The number of hydrogen-bond acceptors (Lipinski definition) is 3. The van der Waals surface area contributed by atoms with Crippen molar-refractivity contribution in [2.45, 2.75) is 24.4 Å². The molecule has 0 saturated carbocycles. The van der Waals surface area contributed by atoms with Gasteiger partial charge in [-0.25, -0.2) is 4.79 Å². The Morgan fingerprint density at radius 2 is 1.33 bits per heavy atom. The average molecular weight is 535 g/mol. The summed E-state index contributed by atoms with van der Waals surface area (Å²) in [6.45, 7) is 0. The summed E-state index contributed by atoms with van der Waals surface area (Å²) in [5.41, 5.74) is -7.07. The van der Waals surface area contributed by atoms with Crippen LogP contribution in [-0.2, 0) is 11.8 Å². The number of carboxylic acid groups (broad SMARTS) is 1. The van der Waals surface area contributed by atoms with Crippen molar-refractivity contribution < 1.29 is 46.1 Å². The van der Waals surface area contributed by atoms with Gasteiger partial charge in [-0.2, -0.15) is 26.3 Å². The molecule has 3 aromatic rings. The van der Waals surface area contributed by atoms with E-state index in [9.17, 15) is 46.1 Å². The van der Waals surface area contributed by atoms with E-state index >= 15 is 0 Å². The van der Waals surface area contributed by atoms with Crippen LogP contribution in [0.5, 0.6) is 0 Å². The lowest BCUT2D eigenvalue weighted by Crippen LogP contribution is -2.44. The monoisotopic (exact) mass is 534 g/mol. The van der Waals surface area contributed by atoms with Gasteiger partial charge in [0.1, 0.15) is 0 Å². The lowest BCUT2D eigenvalue weighted by Gasteiger charge is -2.31. The number of benzene rings is 3. The third-order valence-corrected chi connectivity index (χ3v) is 5.50. The molecule has 3 rings (SSSR count). The molecule has 0 bridgehead atoms. The molecule has 0 heterocycles. The largest absolute Gasteiger partial charge is 0.478 e. The summed E-state index contributed by atoms with van der Waals surface area (Å²) in [7, 11) is 0. The van der Waals surface area contributed by atoms with Gasteiger partial charge in [-0.15, -0.1) is 0 Å². The molecule has 2 N–H and O–H groups in total. The number of aromatic carboxylic acids is 1. The van der Waals surface area contributed by atoms with E-state index in [1.54, 1.807) is 0 Å². The number of fused-ring (bicyclic) bond motifs is 1. The Balaban J connectivity index is 2.15. The minimum atomic E-state index is -5.51. The molecule has 0 amide bonds. The molecule has 3 aromatic carbocycles. The number of rotatable bonds is 5. The predicted molar refractivity (Wildman–Crippen MR) is 109 cm³/mol. The van der Waals surface area contributed by atoms with Crippen LogP contribution in [0.1, 0.15) is 38.3 Å². The lowest BCUT2D eigenvalue weighted by molar-refractivity contribution is -0.265. The van der Waals surface area contributed by atoms with Crippen LogP contribution >= 0.6 is 15.9 Å². The van der Waals surface area contributed by atoms with Crippen LogP contribution in [0, 0.1) is 0 Å². The fourth-order valence-corrected chi connectivity index (χ4v) is 3.91. The molecule has 0 aliphatic carbocycles. The van der Waals surface area contributed by atoms with Crippen molar-refractivity contribution in [2.24, 2.45) is 0 Å². The topological polar surface area (TPSA) is 74.6 Å². The summed E-state index contributed by atoms with van der Waals surface area (Å²) in [5.74, 6) is -2.57. The van der Waals surface area contributed by atoms with Crippen LogP contribution in [0.3, 0.4) is 0 Å². The zero-order valence-electron chi connectivity index (χ0n) is 16.3. The fraction of sp³-hybridized carbons (Fsp3) is 0.182. The molecule has 33 heavy (non-hydrogen) atoms. The first-order chi connectivity index (χ1) is 15.1. The SMILES string of the molecule is O=C(O)c1ccc(C(=O)CC(O)(c2cc(Br)cc(C(F)(F)F)c2)C(F)(F)F)c2ccccc12. The fourth-order valence-electron chi connectivity index (χ4n) is 3.41. The van der Waals surface area contributed by atoms with Crippen molar-refractivity contribution in [3.05, 3.63) is 81.3 Å². The minimum Gasteiger partial charge on any atom is -0.478 e. The van der Waals surface area contributed by atoms with Crippen LogP contribution in [-0.4, -0.2) is 28.1 Å². The van der Waals surface area contributed by atoms with Gasteiger partial charge in [0.15, 0.2) is 11.4 Å². The first kappa shape index (κ1) is 24.7. The second kappa shape index (κ2) is 8.45. The zero-order chi connectivity index (χ0) is 24.8. The Labute approximate surface area is 190 Å². The first-order valence-electron chi connectivity index (χ1n) is 9.11. The van der Waals surface area contributed by atoms with Crippen molar-refractivity contribution in [1.82, 2.24) is 0 Å². The Morgan fingerprint density at radius 1 is 0.818 bits per heavy atom. The first-order valence-corrected chi connectivity index (χ1v) is 9.90. The molecule has 174 valence electrons. The van der Waals surface area contributed by atoms with E-state index in [1.807, 2.05) is 0 Å². The zero-order valence-corrected chi connectivity index (χ0v) is 17.8. The number of carbonyl (C=O) groups excluding carboxylic acids is 1. The number of hydrogen-bond donors (Lipinski definition) is 2. The van der Waals surface area contributed by atoms with E-state index in [4.69, 9.17) is 0 Å². The van der Waals surface area contributed by atoms with E-state index in [1.165, 1.54) is 24.3 Å². The number of aliphatic hydroxyl groups is 1. The molecule has 0 aromatic heterocycles. The van der Waals surface area contributed by atoms with E-state index in [2.05, 4.69) is 15.9 Å². The number of Topliss-reactive ketones (excluding diaryl/α,β-unsaturated/α-hetero) is 1.